The van der Waals surface area contributed by atoms with Gasteiger partial charge in [-0.2, -0.15) is 0 Å². The summed E-state index contributed by atoms with van der Waals surface area (Å²) in [5, 5.41) is 4.17. The summed E-state index contributed by atoms with van der Waals surface area (Å²) in [6, 6.07) is 59.6. The fraction of sp³-hybridized carbons (Fsp3) is 0.0270. The van der Waals surface area contributed by atoms with E-state index in [0.717, 1.165) is 0 Å². The van der Waals surface area contributed by atoms with E-state index >= 15 is 0 Å². The zero-order valence-electron chi connectivity index (χ0n) is 21.5. The Morgan fingerprint density at radius 2 is 0.711 bits per heavy atom. The van der Waals surface area contributed by atoms with Gasteiger partial charge >= 0.3 is 0 Å². The summed E-state index contributed by atoms with van der Waals surface area (Å²) in [4.78, 5) is 0. The van der Waals surface area contributed by atoms with Crippen LogP contribution in [0, 0.1) is 0 Å². The third-order valence-electron chi connectivity index (χ3n) is 7.42. The van der Waals surface area contributed by atoms with Gasteiger partial charge in [-0.3, -0.25) is 0 Å². The molecule has 0 aliphatic carbocycles. The second kappa shape index (κ2) is 10.6. The molecule has 0 radical (unpaired) electrons. The van der Waals surface area contributed by atoms with Gasteiger partial charge in [0.2, 0.25) is 0 Å². The lowest BCUT2D eigenvalue weighted by atomic mass is 9.87. The van der Waals surface area contributed by atoms with E-state index in [9.17, 15) is 0 Å². The molecular weight excluding hydrogens is 475 g/mol. The van der Waals surface area contributed by atoms with E-state index in [0.29, 0.717) is 0 Å². The number of hydrogen-bond acceptors (Lipinski definition) is 0. The molecule has 6 aromatic carbocycles. The normalized spacial score (nSPS) is 11.3. The monoisotopic (exact) mass is 505 g/mol. The van der Waals surface area contributed by atoms with Gasteiger partial charge < -0.3 is 0 Å². The molecule has 0 unspecified atom stereocenters. The van der Waals surface area contributed by atoms with Crippen molar-refractivity contribution >= 4 is 23.2 Å². The van der Waals surface area contributed by atoms with Crippen molar-refractivity contribution in [1.29, 1.82) is 0 Å². The average Bonchev–Trinajstić information content (AvgIpc) is 3.02. The molecule has 0 aliphatic rings. The van der Waals surface area contributed by atoms with Crippen molar-refractivity contribution in [3.63, 3.8) is 0 Å². The molecule has 0 aliphatic heterocycles. The summed E-state index contributed by atoms with van der Waals surface area (Å²) >= 11 is 0. The lowest BCUT2D eigenvalue weighted by Gasteiger charge is -2.28. The third kappa shape index (κ3) is 4.38. The van der Waals surface area contributed by atoms with E-state index in [4.69, 9.17) is 0 Å². The molecule has 0 nitrogen and oxygen atoms in total. The molecule has 38 heavy (non-hydrogen) atoms. The van der Waals surface area contributed by atoms with E-state index in [1.165, 1.54) is 49.3 Å². The molecule has 0 bridgehead atoms. The second-order valence-electron chi connectivity index (χ2n) is 9.66. The van der Waals surface area contributed by atoms with Crippen LogP contribution in [0.4, 0.5) is 0 Å². The number of rotatable bonds is 6. The van der Waals surface area contributed by atoms with Crippen molar-refractivity contribution in [2.75, 3.05) is 6.66 Å². The maximum absolute atomic E-state index is 2.48. The SMILES string of the molecule is C[P+](c1ccccc1)(c1ccccc1)c1ccc(-c2ccccc2)c(-c2ccccc2)c1-c1ccccc1. The second-order valence-corrected chi connectivity index (χ2v) is 13.2. The number of benzene rings is 6. The highest BCUT2D eigenvalue weighted by Crippen LogP contribution is 2.55. The first-order chi connectivity index (χ1) is 18.8. The van der Waals surface area contributed by atoms with Crippen molar-refractivity contribution in [2.45, 2.75) is 0 Å². The molecule has 0 N–H and O–H groups in total. The van der Waals surface area contributed by atoms with Crippen LogP contribution in [-0.4, -0.2) is 6.66 Å². The van der Waals surface area contributed by atoms with Crippen LogP contribution in [0.5, 0.6) is 0 Å². The molecule has 0 amide bonds. The van der Waals surface area contributed by atoms with Crippen LogP contribution in [0.2, 0.25) is 0 Å². The quantitative estimate of drug-likeness (QED) is 0.199. The summed E-state index contributed by atoms with van der Waals surface area (Å²) in [7, 11) is -1.99. The van der Waals surface area contributed by atoms with E-state index in [1.807, 2.05) is 0 Å². The average molecular weight is 506 g/mol. The molecule has 0 aromatic heterocycles. The Hall–Kier alpha value is -4.25. The topological polar surface area (TPSA) is 0 Å². The lowest BCUT2D eigenvalue weighted by Crippen LogP contribution is -2.31. The van der Waals surface area contributed by atoms with Crippen LogP contribution in [0.1, 0.15) is 0 Å². The maximum Gasteiger partial charge on any atom is 0.113 e. The smallest absolute Gasteiger partial charge is 0.0622 e. The van der Waals surface area contributed by atoms with Crippen molar-refractivity contribution in [3.05, 3.63) is 164 Å². The Labute approximate surface area is 226 Å². The highest BCUT2D eigenvalue weighted by Gasteiger charge is 2.43. The molecule has 6 rings (SSSR count). The van der Waals surface area contributed by atoms with E-state index in [2.05, 4.69) is 170 Å². The molecule has 0 saturated heterocycles. The summed E-state index contributed by atoms with van der Waals surface area (Å²) in [5.74, 6) is 0. The molecule has 0 saturated carbocycles. The fourth-order valence-corrected chi connectivity index (χ4v) is 8.96. The van der Waals surface area contributed by atoms with Crippen LogP contribution in [0.3, 0.4) is 0 Å². The Kier molecular flexibility index (Phi) is 6.74. The van der Waals surface area contributed by atoms with Crippen LogP contribution in [-0.2, 0) is 0 Å². The van der Waals surface area contributed by atoms with Crippen molar-refractivity contribution in [2.24, 2.45) is 0 Å². The maximum atomic E-state index is 2.48. The van der Waals surface area contributed by atoms with E-state index in [-0.39, 0.29) is 0 Å². The van der Waals surface area contributed by atoms with E-state index < -0.39 is 7.26 Å². The first kappa shape index (κ1) is 24.1. The predicted octanol–water partition coefficient (Wildman–Crippen LogP) is 8.61. The Morgan fingerprint density at radius 1 is 0.342 bits per heavy atom. The minimum absolute atomic E-state index is 1.23. The molecule has 0 atom stereocenters. The molecule has 6 aromatic rings. The van der Waals surface area contributed by atoms with Crippen molar-refractivity contribution in [1.82, 2.24) is 0 Å². The van der Waals surface area contributed by atoms with Gasteiger partial charge in [0.15, 0.2) is 0 Å². The fourth-order valence-electron chi connectivity index (χ4n) is 5.50. The van der Waals surface area contributed by atoms with Gasteiger partial charge in [-0.1, -0.05) is 127 Å². The van der Waals surface area contributed by atoms with Gasteiger partial charge in [0.25, 0.3) is 0 Å². The van der Waals surface area contributed by atoms with Gasteiger partial charge in [0.05, 0.1) is 6.66 Å². The lowest BCUT2D eigenvalue weighted by molar-refractivity contribution is 1.57. The van der Waals surface area contributed by atoms with Gasteiger partial charge in [-0.15, -0.1) is 0 Å². The first-order valence-electron chi connectivity index (χ1n) is 13.1. The van der Waals surface area contributed by atoms with E-state index in [1.54, 1.807) is 0 Å². The Morgan fingerprint density at radius 3 is 1.16 bits per heavy atom. The minimum Gasteiger partial charge on any atom is -0.0622 e. The van der Waals surface area contributed by atoms with Crippen molar-refractivity contribution in [3.8, 4) is 33.4 Å². The van der Waals surface area contributed by atoms with Crippen molar-refractivity contribution < 1.29 is 0 Å². The molecule has 182 valence electrons. The first-order valence-corrected chi connectivity index (χ1v) is 15.3. The minimum atomic E-state index is -1.99. The van der Waals surface area contributed by atoms with Crippen LogP contribution < -0.4 is 15.9 Å². The van der Waals surface area contributed by atoms with Gasteiger partial charge in [-0.05, 0) is 58.7 Å². The Bertz CT molecular complexity index is 1590. The van der Waals surface area contributed by atoms with Gasteiger partial charge in [0.1, 0.15) is 23.2 Å². The zero-order chi connectivity index (χ0) is 25.8. The van der Waals surface area contributed by atoms with Gasteiger partial charge in [0, 0.05) is 11.1 Å². The summed E-state index contributed by atoms with van der Waals surface area (Å²) in [5.41, 5.74) is 7.58. The highest BCUT2D eigenvalue weighted by molar-refractivity contribution is 7.95. The Balaban J connectivity index is 1.78. The molecule has 0 fully saturated rings. The predicted molar refractivity (Wildman–Crippen MR) is 167 cm³/mol. The third-order valence-corrected chi connectivity index (χ3v) is 11.4. The molecular formula is C37H30P+. The van der Waals surface area contributed by atoms with Crippen LogP contribution >= 0.6 is 7.26 Å². The zero-order valence-corrected chi connectivity index (χ0v) is 22.4. The summed E-state index contributed by atoms with van der Waals surface area (Å²) in [6.07, 6.45) is 0. The van der Waals surface area contributed by atoms with Gasteiger partial charge in [-0.25, -0.2) is 0 Å². The molecule has 0 heterocycles. The van der Waals surface area contributed by atoms with Crippen LogP contribution in [0.25, 0.3) is 33.4 Å². The largest absolute Gasteiger partial charge is 0.113 e. The van der Waals surface area contributed by atoms with Crippen LogP contribution in [0.15, 0.2) is 164 Å². The number of hydrogen-bond donors (Lipinski definition) is 0. The molecule has 1 heteroatoms. The molecule has 0 spiro atoms. The summed E-state index contributed by atoms with van der Waals surface area (Å²) in [6.45, 7) is 2.48. The highest BCUT2D eigenvalue weighted by atomic mass is 31.2. The standard InChI is InChI=1S/C37H30P/c1-38(32-23-13-5-14-24-32,33-25-15-6-16-26-33)35-28-27-34(29-17-7-2-8-18-29)36(30-19-9-3-10-20-30)37(35)31-21-11-4-12-22-31/h2-28H,1H3/q+1. The summed E-state index contributed by atoms with van der Waals surface area (Å²) < 4.78 is 0.